The van der Waals surface area contributed by atoms with Gasteiger partial charge in [-0.15, -0.1) is 0 Å². The third-order valence-electron chi connectivity index (χ3n) is 4.73. The second-order valence-corrected chi connectivity index (χ2v) is 7.08. The number of imidazole rings is 1. The number of amides is 1. The first kappa shape index (κ1) is 17.7. The summed E-state index contributed by atoms with van der Waals surface area (Å²) in [5.41, 5.74) is 1.85. The highest BCUT2D eigenvalue weighted by atomic mass is 16.5. The topological polar surface area (TPSA) is 97.1 Å². The van der Waals surface area contributed by atoms with E-state index in [2.05, 4.69) is 20.1 Å². The van der Waals surface area contributed by atoms with Crippen molar-refractivity contribution in [2.45, 2.75) is 45.3 Å². The summed E-state index contributed by atoms with van der Waals surface area (Å²) in [7, 11) is 0. The molecule has 2 aromatic heterocycles. The minimum atomic E-state index is -0.160. The van der Waals surface area contributed by atoms with Crippen LogP contribution in [0.25, 0.3) is 11.0 Å². The van der Waals surface area contributed by atoms with Crippen LogP contribution in [0.1, 0.15) is 56.2 Å². The highest BCUT2D eigenvalue weighted by molar-refractivity contribution is 5.78. The quantitative estimate of drug-likeness (QED) is 0.717. The van der Waals surface area contributed by atoms with E-state index >= 15 is 0 Å². The summed E-state index contributed by atoms with van der Waals surface area (Å²) in [5, 5.41) is 4.01. The first-order valence-electron chi connectivity index (χ1n) is 9.26. The number of carbonyl (C=O) groups is 1. The summed E-state index contributed by atoms with van der Waals surface area (Å²) in [6.07, 6.45) is 1.74. The van der Waals surface area contributed by atoms with Crippen LogP contribution in [0.3, 0.4) is 0 Å². The third kappa shape index (κ3) is 3.71. The molecule has 3 aromatic rings. The van der Waals surface area contributed by atoms with Gasteiger partial charge in [-0.05, 0) is 25.0 Å². The minimum absolute atomic E-state index is 0.00127. The van der Waals surface area contributed by atoms with Crippen LogP contribution in [0.4, 0.5) is 0 Å². The highest BCUT2D eigenvalue weighted by Crippen LogP contribution is 2.31. The summed E-state index contributed by atoms with van der Waals surface area (Å²) in [6.45, 7) is 4.96. The molecule has 1 unspecified atom stereocenters. The van der Waals surface area contributed by atoms with E-state index in [4.69, 9.17) is 9.26 Å². The zero-order valence-electron chi connectivity index (χ0n) is 15.5. The van der Waals surface area contributed by atoms with Crippen molar-refractivity contribution < 1.29 is 14.1 Å². The van der Waals surface area contributed by atoms with E-state index in [-0.39, 0.29) is 31.1 Å². The van der Waals surface area contributed by atoms with E-state index in [1.54, 1.807) is 4.90 Å². The Morgan fingerprint density at radius 1 is 1.37 bits per heavy atom. The zero-order valence-corrected chi connectivity index (χ0v) is 15.5. The van der Waals surface area contributed by atoms with Crippen molar-refractivity contribution in [2.75, 3.05) is 13.2 Å². The number of H-pyrrole nitrogens is 1. The van der Waals surface area contributed by atoms with Crippen LogP contribution in [0, 0.1) is 0 Å². The minimum Gasteiger partial charge on any atom is -0.364 e. The van der Waals surface area contributed by atoms with Gasteiger partial charge in [-0.25, -0.2) is 4.98 Å². The molecule has 0 bridgehead atoms. The van der Waals surface area contributed by atoms with Crippen molar-refractivity contribution >= 4 is 16.9 Å². The molecule has 1 saturated heterocycles. The van der Waals surface area contributed by atoms with Gasteiger partial charge in [0.05, 0.1) is 11.0 Å². The number of ether oxygens (including phenoxy) is 1. The number of carbonyl (C=O) groups excluding carboxylic acids is 1. The number of hydrogen-bond acceptors (Lipinski definition) is 6. The second kappa shape index (κ2) is 7.48. The summed E-state index contributed by atoms with van der Waals surface area (Å²) in [6, 6.07) is 7.62. The molecule has 8 nitrogen and oxygen atoms in total. The molecule has 1 fully saturated rings. The molecular weight excluding hydrogens is 346 g/mol. The van der Waals surface area contributed by atoms with Crippen LogP contribution in [0.5, 0.6) is 0 Å². The van der Waals surface area contributed by atoms with Crippen molar-refractivity contribution in [1.29, 1.82) is 0 Å². The van der Waals surface area contributed by atoms with Gasteiger partial charge in [0.1, 0.15) is 25.1 Å². The predicted molar refractivity (Wildman–Crippen MR) is 97.8 cm³/mol. The average Bonchev–Trinajstić information content (AvgIpc) is 3.38. The summed E-state index contributed by atoms with van der Waals surface area (Å²) in [4.78, 5) is 26.5. The fourth-order valence-corrected chi connectivity index (χ4v) is 3.33. The molecule has 1 atom stereocenters. The maximum atomic E-state index is 12.6. The van der Waals surface area contributed by atoms with Crippen LogP contribution in [0.2, 0.25) is 0 Å². The molecular formula is C19H23N5O3. The van der Waals surface area contributed by atoms with Gasteiger partial charge >= 0.3 is 0 Å². The first-order chi connectivity index (χ1) is 13.1. The molecule has 1 aliphatic heterocycles. The molecule has 3 heterocycles. The van der Waals surface area contributed by atoms with Crippen molar-refractivity contribution in [3.05, 3.63) is 41.8 Å². The van der Waals surface area contributed by atoms with Crippen LogP contribution in [-0.2, 0) is 16.1 Å². The van der Waals surface area contributed by atoms with Gasteiger partial charge in [0.15, 0.2) is 5.82 Å². The molecule has 142 valence electrons. The van der Waals surface area contributed by atoms with Crippen LogP contribution >= 0.6 is 0 Å². The normalized spacial score (nSPS) is 17.3. The van der Waals surface area contributed by atoms with E-state index in [1.165, 1.54) is 0 Å². The monoisotopic (exact) mass is 369 g/mol. The maximum Gasteiger partial charge on any atom is 0.249 e. The fourth-order valence-electron chi connectivity index (χ4n) is 3.33. The van der Waals surface area contributed by atoms with E-state index in [1.807, 2.05) is 38.1 Å². The van der Waals surface area contributed by atoms with E-state index in [0.717, 1.165) is 23.9 Å². The van der Waals surface area contributed by atoms with Gasteiger partial charge in [-0.1, -0.05) is 31.1 Å². The van der Waals surface area contributed by atoms with E-state index < -0.39 is 0 Å². The molecule has 27 heavy (non-hydrogen) atoms. The van der Waals surface area contributed by atoms with Crippen molar-refractivity contribution in [1.82, 2.24) is 25.0 Å². The zero-order chi connectivity index (χ0) is 18.8. The number of rotatable bonds is 6. The Morgan fingerprint density at radius 2 is 2.22 bits per heavy atom. The Hall–Kier alpha value is -2.74. The Morgan fingerprint density at radius 3 is 3.00 bits per heavy atom. The average molecular weight is 369 g/mol. The number of nitrogens with one attached hydrogen (secondary N) is 1. The maximum absolute atomic E-state index is 12.6. The van der Waals surface area contributed by atoms with Gasteiger partial charge in [-0.3, -0.25) is 4.79 Å². The lowest BCUT2D eigenvalue weighted by molar-refractivity contribution is -0.138. The number of likely N-dealkylation sites (tertiary alicyclic amines) is 1. The van der Waals surface area contributed by atoms with Gasteiger partial charge in [0.25, 0.3) is 0 Å². The Bertz CT molecular complexity index is 899. The molecule has 4 rings (SSSR count). The summed E-state index contributed by atoms with van der Waals surface area (Å²) < 4.78 is 11.0. The van der Waals surface area contributed by atoms with E-state index in [9.17, 15) is 4.79 Å². The van der Waals surface area contributed by atoms with Crippen molar-refractivity contribution in [2.24, 2.45) is 0 Å². The van der Waals surface area contributed by atoms with Crippen molar-refractivity contribution in [3.8, 4) is 0 Å². The number of aromatic nitrogens is 4. The lowest BCUT2D eigenvalue weighted by atomic mass is 10.2. The number of benzene rings is 1. The van der Waals surface area contributed by atoms with Crippen LogP contribution in [0.15, 0.2) is 28.8 Å². The summed E-state index contributed by atoms with van der Waals surface area (Å²) in [5.74, 6) is 2.02. The molecule has 1 N–H and O–H groups in total. The second-order valence-electron chi connectivity index (χ2n) is 7.08. The largest absolute Gasteiger partial charge is 0.364 e. The lowest BCUT2D eigenvalue weighted by Crippen LogP contribution is -2.33. The number of para-hydroxylation sites is 2. The SMILES string of the molecule is CC(C)c1noc(C2CCCN2C(=O)COCc2nc3ccccc3[nH]2)n1. The number of aromatic amines is 1. The Balaban J connectivity index is 1.35. The van der Waals surface area contributed by atoms with Gasteiger partial charge in [0.2, 0.25) is 11.8 Å². The van der Waals surface area contributed by atoms with Gasteiger partial charge in [-0.2, -0.15) is 4.98 Å². The molecule has 0 spiro atoms. The third-order valence-corrected chi connectivity index (χ3v) is 4.73. The molecule has 8 heteroatoms. The lowest BCUT2D eigenvalue weighted by Gasteiger charge is -2.21. The van der Waals surface area contributed by atoms with E-state index in [0.29, 0.717) is 24.1 Å². The molecule has 0 saturated carbocycles. The van der Waals surface area contributed by atoms with Crippen LogP contribution in [-0.4, -0.2) is 44.1 Å². The number of fused-ring (bicyclic) bond motifs is 1. The Kier molecular flexibility index (Phi) is 4.89. The fraction of sp³-hybridized carbons (Fsp3) is 0.474. The Labute approximate surface area is 156 Å². The number of nitrogens with zero attached hydrogens (tertiary/aromatic N) is 4. The number of hydrogen-bond donors (Lipinski definition) is 1. The molecule has 0 radical (unpaired) electrons. The standard InChI is InChI=1S/C19H23N5O3/c1-12(2)18-22-19(27-23-18)15-8-5-9-24(15)17(25)11-26-10-16-20-13-6-3-4-7-14(13)21-16/h3-4,6-7,12,15H,5,8-11H2,1-2H3,(H,20,21). The smallest absolute Gasteiger partial charge is 0.249 e. The van der Waals surface area contributed by atoms with Crippen LogP contribution < -0.4 is 0 Å². The predicted octanol–water partition coefficient (Wildman–Crippen LogP) is 2.95. The summed E-state index contributed by atoms with van der Waals surface area (Å²) >= 11 is 0. The molecule has 1 aliphatic rings. The van der Waals surface area contributed by atoms with Gasteiger partial charge in [0, 0.05) is 12.5 Å². The first-order valence-corrected chi connectivity index (χ1v) is 9.26. The molecule has 1 amide bonds. The van der Waals surface area contributed by atoms with Gasteiger partial charge < -0.3 is 19.1 Å². The molecule has 1 aromatic carbocycles. The van der Waals surface area contributed by atoms with Crippen molar-refractivity contribution in [3.63, 3.8) is 0 Å². The molecule has 0 aliphatic carbocycles. The highest BCUT2D eigenvalue weighted by Gasteiger charge is 2.34.